The molecule has 1 N–H and O–H groups in total. The van der Waals surface area contributed by atoms with Gasteiger partial charge in [0.2, 0.25) is 0 Å². The van der Waals surface area contributed by atoms with E-state index < -0.39 is 5.97 Å². The first kappa shape index (κ1) is 11.6. The van der Waals surface area contributed by atoms with Gasteiger partial charge in [0.1, 0.15) is 5.75 Å². The van der Waals surface area contributed by atoms with E-state index >= 15 is 0 Å². The minimum absolute atomic E-state index is 0.0734. The number of aryl methyl sites for hydroxylation is 1. The average Bonchev–Trinajstić information content (AvgIpc) is 2.95. The van der Waals surface area contributed by atoms with Crippen molar-refractivity contribution in [2.75, 3.05) is 0 Å². The van der Waals surface area contributed by atoms with E-state index in [0.29, 0.717) is 23.9 Å². The zero-order valence-corrected chi connectivity index (χ0v) is 9.86. The van der Waals surface area contributed by atoms with Gasteiger partial charge < -0.3 is 14.4 Å². The number of hydrogen-bond donors (Lipinski definition) is 1. The summed E-state index contributed by atoms with van der Waals surface area (Å²) in [6, 6.07) is 1.60. The monoisotopic (exact) mass is 254 g/mol. The summed E-state index contributed by atoms with van der Waals surface area (Å²) in [4.78, 5) is 15.0. The molecule has 0 saturated carbocycles. The molecule has 90 valence electrons. The van der Waals surface area contributed by atoms with Crippen LogP contribution in [0.1, 0.15) is 28.3 Å². The molecule has 0 fully saturated rings. The van der Waals surface area contributed by atoms with Crippen molar-refractivity contribution in [3.8, 4) is 5.75 Å². The van der Waals surface area contributed by atoms with Crippen LogP contribution in [0.4, 0.5) is 0 Å². The molecule has 0 aliphatic heterocycles. The minimum Gasteiger partial charge on any atom is -0.482 e. The highest BCUT2D eigenvalue weighted by molar-refractivity contribution is 7.12. The smallest absolute Gasteiger partial charge is 0.349 e. The molecule has 0 unspecified atom stereocenters. The van der Waals surface area contributed by atoms with E-state index in [2.05, 4.69) is 10.1 Å². The van der Waals surface area contributed by atoms with Crippen LogP contribution in [-0.4, -0.2) is 21.2 Å². The molecule has 17 heavy (non-hydrogen) atoms. The molecule has 0 aliphatic carbocycles. The van der Waals surface area contributed by atoms with Crippen molar-refractivity contribution in [1.29, 1.82) is 0 Å². The molecule has 0 amide bonds. The molecule has 2 rings (SSSR count). The molecule has 0 atom stereocenters. The molecule has 2 aromatic heterocycles. The fraction of sp³-hybridized carbons (Fsp3) is 0.300. The van der Waals surface area contributed by atoms with E-state index in [1.165, 1.54) is 0 Å². The lowest BCUT2D eigenvalue weighted by atomic mass is 10.4. The third-order valence-electron chi connectivity index (χ3n) is 2.00. The summed E-state index contributed by atoms with van der Waals surface area (Å²) in [5, 5.41) is 14.2. The van der Waals surface area contributed by atoms with Crippen LogP contribution in [0, 0.1) is 0 Å². The average molecular weight is 254 g/mol. The number of aromatic carboxylic acids is 1. The van der Waals surface area contributed by atoms with Gasteiger partial charge in [0, 0.05) is 6.42 Å². The van der Waals surface area contributed by atoms with Crippen molar-refractivity contribution in [2.24, 2.45) is 0 Å². The maximum Gasteiger partial charge on any atom is 0.349 e. The topological polar surface area (TPSA) is 85.5 Å². The van der Waals surface area contributed by atoms with Crippen molar-refractivity contribution in [3.05, 3.63) is 28.0 Å². The fourth-order valence-corrected chi connectivity index (χ4v) is 1.87. The Hall–Kier alpha value is -1.89. The van der Waals surface area contributed by atoms with Crippen molar-refractivity contribution in [1.82, 2.24) is 10.1 Å². The van der Waals surface area contributed by atoms with E-state index in [9.17, 15) is 4.79 Å². The van der Waals surface area contributed by atoms with Gasteiger partial charge in [0.15, 0.2) is 17.3 Å². The summed E-state index contributed by atoms with van der Waals surface area (Å²) in [6.07, 6.45) is 0.683. The van der Waals surface area contributed by atoms with Gasteiger partial charge in [0.25, 0.3) is 5.89 Å². The maximum absolute atomic E-state index is 10.8. The lowest BCUT2D eigenvalue weighted by Crippen LogP contribution is -2.00. The van der Waals surface area contributed by atoms with Crippen LogP contribution in [-0.2, 0) is 13.0 Å². The number of nitrogens with zero attached hydrogens (tertiary/aromatic N) is 2. The van der Waals surface area contributed by atoms with Crippen LogP contribution in [0.15, 0.2) is 16.0 Å². The van der Waals surface area contributed by atoms with Crippen molar-refractivity contribution in [2.45, 2.75) is 20.0 Å². The molecule has 0 spiro atoms. The zero-order valence-electron chi connectivity index (χ0n) is 9.04. The second-order valence-corrected chi connectivity index (χ2v) is 4.08. The Labute approximate surface area is 101 Å². The highest BCUT2D eigenvalue weighted by atomic mass is 32.1. The number of carbonyl (C=O) groups is 1. The maximum atomic E-state index is 10.8. The predicted octanol–water partition coefficient (Wildman–Crippen LogP) is 1.97. The minimum atomic E-state index is -1.00. The summed E-state index contributed by atoms with van der Waals surface area (Å²) in [6.45, 7) is 1.99. The van der Waals surface area contributed by atoms with E-state index in [1.54, 1.807) is 11.4 Å². The van der Waals surface area contributed by atoms with E-state index in [4.69, 9.17) is 14.4 Å². The summed E-state index contributed by atoms with van der Waals surface area (Å²) >= 11 is 1.11. The molecule has 7 heteroatoms. The predicted molar refractivity (Wildman–Crippen MR) is 59.3 cm³/mol. The standard InChI is InChI=1S/C10H10N2O4S/c1-2-7-11-8(16-12-7)5-15-6-3-4-17-9(6)10(13)14/h3-4H,2,5H2,1H3,(H,13,14). The van der Waals surface area contributed by atoms with Crippen molar-refractivity contribution < 1.29 is 19.2 Å². The van der Waals surface area contributed by atoms with Crippen LogP contribution >= 0.6 is 11.3 Å². The van der Waals surface area contributed by atoms with Crippen LogP contribution in [0.25, 0.3) is 0 Å². The molecular weight excluding hydrogens is 244 g/mol. The van der Waals surface area contributed by atoms with Crippen LogP contribution in [0.2, 0.25) is 0 Å². The third kappa shape index (κ3) is 2.62. The number of hydrogen-bond acceptors (Lipinski definition) is 6. The molecule has 2 aromatic rings. The second-order valence-electron chi connectivity index (χ2n) is 3.17. The van der Waals surface area contributed by atoms with Crippen molar-refractivity contribution in [3.63, 3.8) is 0 Å². The molecule has 6 nitrogen and oxygen atoms in total. The van der Waals surface area contributed by atoms with Gasteiger partial charge >= 0.3 is 5.97 Å². The van der Waals surface area contributed by atoms with Crippen LogP contribution in [0.3, 0.4) is 0 Å². The third-order valence-corrected chi connectivity index (χ3v) is 2.88. The van der Waals surface area contributed by atoms with Gasteiger partial charge in [-0.05, 0) is 11.4 Å². The molecule has 0 bridgehead atoms. The number of rotatable bonds is 5. The Bertz CT molecular complexity index is 520. The SMILES string of the molecule is CCc1noc(COc2ccsc2C(=O)O)n1. The van der Waals surface area contributed by atoms with Gasteiger partial charge in [0.05, 0.1) is 0 Å². The number of ether oxygens (including phenoxy) is 1. The zero-order chi connectivity index (χ0) is 12.3. The first-order valence-corrected chi connectivity index (χ1v) is 5.83. The molecule has 0 saturated heterocycles. The summed E-state index contributed by atoms with van der Waals surface area (Å²) < 4.78 is 10.2. The van der Waals surface area contributed by atoms with Crippen molar-refractivity contribution >= 4 is 17.3 Å². The van der Waals surface area contributed by atoms with E-state index in [0.717, 1.165) is 11.3 Å². The molecule has 0 aromatic carbocycles. The van der Waals surface area contributed by atoms with Gasteiger partial charge in [-0.3, -0.25) is 0 Å². The highest BCUT2D eigenvalue weighted by Crippen LogP contribution is 2.25. The van der Waals surface area contributed by atoms with Gasteiger partial charge in [-0.15, -0.1) is 11.3 Å². The lowest BCUT2D eigenvalue weighted by molar-refractivity contribution is 0.0697. The van der Waals surface area contributed by atoms with E-state index in [-0.39, 0.29) is 11.5 Å². The van der Waals surface area contributed by atoms with Gasteiger partial charge in [-0.1, -0.05) is 12.1 Å². The number of carboxylic acid groups (broad SMARTS) is 1. The molecule has 2 heterocycles. The fourth-order valence-electron chi connectivity index (χ4n) is 1.20. The Morgan fingerprint density at radius 3 is 3.12 bits per heavy atom. The van der Waals surface area contributed by atoms with Gasteiger partial charge in [-0.2, -0.15) is 4.98 Å². The Morgan fingerprint density at radius 1 is 1.65 bits per heavy atom. The lowest BCUT2D eigenvalue weighted by Gasteiger charge is -2.00. The highest BCUT2D eigenvalue weighted by Gasteiger charge is 2.14. The summed E-state index contributed by atoms with van der Waals surface area (Å²) in [5.41, 5.74) is 0. The number of thiophene rings is 1. The Kier molecular flexibility index (Phi) is 3.38. The van der Waals surface area contributed by atoms with E-state index in [1.807, 2.05) is 6.92 Å². The summed E-state index contributed by atoms with van der Waals surface area (Å²) in [7, 11) is 0. The largest absolute Gasteiger partial charge is 0.482 e. The second kappa shape index (κ2) is 4.96. The Morgan fingerprint density at radius 2 is 2.47 bits per heavy atom. The van der Waals surface area contributed by atoms with Crippen LogP contribution in [0.5, 0.6) is 5.75 Å². The normalized spacial score (nSPS) is 10.4. The molecule has 0 radical (unpaired) electrons. The van der Waals surface area contributed by atoms with Gasteiger partial charge in [-0.25, -0.2) is 4.79 Å². The quantitative estimate of drug-likeness (QED) is 0.877. The molecular formula is C10H10N2O4S. The number of carboxylic acids is 1. The Balaban J connectivity index is 2.02. The van der Waals surface area contributed by atoms with Crippen LogP contribution < -0.4 is 4.74 Å². The first-order chi connectivity index (χ1) is 8.20. The molecule has 0 aliphatic rings. The number of aromatic nitrogens is 2. The summed E-state index contributed by atoms with van der Waals surface area (Å²) in [5.74, 6) is 0.255. The first-order valence-electron chi connectivity index (χ1n) is 4.95.